The van der Waals surface area contributed by atoms with Crippen molar-refractivity contribution >= 4 is 11.8 Å². The van der Waals surface area contributed by atoms with Crippen molar-refractivity contribution in [2.45, 2.75) is 38.0 Å². The lowest BCUT2D eigenvalue weighted by atomic mass is 9.97. The normalized spacial score (nSPS) is 14.8. The first-order chi connectivity index (χ1) is 8.20. The second kappa shape index (κ2) is 7.80. The molecule has 0 aliphatic carbocycles. The number of hydrogen-bond donors (Lipinski definition) is 2. The summed E-state index contributed by atoms with van der Waals surface area (Å²) >= 11 is 1.88. The maximum Gasteiger partial charge on any atom is 0.113 e. The highest BCUT2D eigenvalue weighted by molar-refractivity contribution is 7.98. The van der Waals surface area contributed by atoms with E-state index in [-0.39, 0.29) is 12.1 Å². The highest BCUT2D eigenvalue weighted by Gasteiger charge is 2.20. The minimum Gasteiger partial charge on any atom is -0.468 e. The lowest BCUT2D eigenvalue weighted by Crippen LogP contribution is -2.45. The predicted molar refractivity (Wildman–Crippen MR) is 73.3 cm³/mol. The highest BCUT2D eigenvalue weighted by Crippen LogP contribution is 2.17. The Morgan fingerprint density at radius 1 is 1.53 bits per heavy atom. The Morgan fingerprint density at radius 3 is 2.94 bits per heavy atom. The van der Waals surface area contributed by atoms with Crippen molar-refractivity contribution in [3.05, 3.63) is 24.2 Å². The van der Waals surface area contributed by atoms with E-state index in [1.807, 2.05) is 23.9 Å². The van der Waals surface area contributed by atoms with Crippen LogP contribution in [0.15, 0.2) is 22.8 Å². The van der Waals surface area contributed by atoms with Crippen molar-refractivity contribution in [3.63, 3.8) is 0 Å². The second-order valence-electron chi connectivity index (χ2n) is 4.48. The fraction of sp³-hybridized carbons (Fsp3) is 0.692. The number of likely N-dealkylation sites (N-methyl/N-ethyl adjacent to an activating group) is 1. The highest BCUT2D eigenvalue weighted by atomic mass is 32.2. The van der Waals surface area contributed by atoms with E-state index in [1.54, 1.807) is 6.26 Å². The molecule has 0 bridgehead atoms. The van der Waals surface area contributed by atoms with Crippen molar-refractivity contribution in [2.24, 2.45) is 0 Å². The van der Waals surface area contributed by atoms with Gasteiger partial charge in [-0.3, -0.25) is 0 Å². The van der Waals surface area contributed by atoms with Gasteiger partial charge in [0.05, 0.1) is 18.6 Å². The van der Waals surface area contributed by atoms with Gasteiger partial charge in [0.25, 0.3) is 0 Å². The first-order valence-electron chi connectivity index (χ1n) is 6.16. The quantitative estimate of drug-likeness (QED) is 0.668. The number of thioether (sulfide) groups is 1. The Hall–Kier alpha value is -0.450. The lowest BCUT2D eigenvalue weighted by molar-refractivity contribution is 0.167. The summed E-state index contributed by atoms with van der Waals surface area (Å²) < 4.78 is 5.27. The third-order valence-corrected chi connectivity index (χ3v) is 3.86. The SMILES string of the molecule is CCNC(C)(CO)CCCSCc1ccco1. The van der Waals surface area contributed by atoms with Crippen LogP contribution in [0.2, 0.25) is 0 Å². The molecule has 0 aliphatic heterocycles. The predicted octanol–water partition coefficient (Wildman–Crippen LogP) is 2.65. The van der Waals surface area contributed by atoms with Crippen LogP contribution >= 0.6 is 11.8 Å². The Balaban J connectivity index is 2.10. The van der Waals surface area contributed by atoms with Crippen LogP contribution in [0.5, 0.6) is 0 Å². The molecular weight excluding hydrogens is 234 g/mol. The molecule has 17 heavy (non-hydrogen) atoms. The molecule has 1 unspecified atom stereocenters. The van der Waals surface area contributed by atoms with Crippen molar-refractivity contribution in [1.82, 2.24) is 5.32 Å². The standard InChI is InChI=1S/C13H23NO2S/c1-3-14-13(2,11-15)7-5-9-17-10-12-6-4-8-16-12/h4,6,8,14-15H,3,5,7,9-11H2,1-2H3. The fourth-order valence-corrected chi connectivity index (χ4v) is 2.64. The summed E-state index contributed by atoms with van der Waals surface area (Å²) in [5.74, 6) is 3.07. The van der Waals surface area contributed by atoms with Gasteiger partial charge < -0.3 is 14.8 Å². The van der Waals surface area contributed by atoms with Gasteiger partial charge in [0.2, 0.25) is 0 Å². The van der Waals surface area contributed by atoms with Gasteiger partial charge >= 0.3 is 0 Å². The van der Waals surface area contributed by atoms with E-state index in [9.17, 15) is 5.11 Å². The van der Waals surface area contributed by atoms with Crippen LogP contribution in [0.4, 0.5) is 0 Å². The summed E-state index contributed by atoms with van der Waals surface area (Å²) in [6.07, 6.45) is 3.82. The van der Waals surface area contributed by atoms with E-state index in [1.165, 1.54) is 0 Å². The number of aliphatic hydroxyl groups is 1. The molecular formula is C13H23NO2S. The molecule has 0 amide bonds. The van der Waals surface area contributed by atoms with Gasteiger partial charge in [0.15, 0.2) is 0 Å². The zero-order valence-electron chi connectivity index (χ0n) is 10.7. The van der Waals surface area contributed by atoms with Gasteiger partial charge in [-0.1, -0.05) is 6.92 Å². The molecule has 1 atom stereocenters. The largest absolute Gasteiger partial charge is 0.468 e. The molecule has 1 aromatic rings. The van der Waals surface area contributed by atoms with E-state index in [0.717, 1.165) is 36.7 Å². The molecule has 2 N–H and O–H groups in total. The Labute approximate surface area is 108 Å². The van der Waals surface area contributed by atoms with Crippen molar-refractivity contribution < 1.29 is 9.52 Å². The van der Waals surface area contributed by atoms with Crippen LogP contribution in [0.25, 0.3) is 0 Å². The summed E-state index contributed by atoms with van der Waals surface area (Å²) in [6.45, 7) is 5.24. The average Bonchev–Trinajstić information content (AvgIpc) is 2.82. The topological polar surface area (TPSA) is 45.4 Å². The summed E-state index contributed by atoms with van der Waals surface area (Å²) in [4.78, 5) is 0. The number of nitrogens with one attached hydrogen (secondary N) is 1. The van der Waals surface area contributed by atoms with Gasteiger partial charge in [-0.15, -0.1) is 0 Å². The number of aliphatic hydroxyl groups excluding tert-OH is 1. The van der Waals surface area contributed by atoms with E-state index < -0.39 is 0 Å². The van der Waals surface area contributed by atoms with Crippen LogP contribution in [0.1, 0.15) is 32.4 Å². The van der Waals surface area contributed by atoms with Crippen LogP contribution in [-0.4, -0.2) is 29.5 Å². The minimum atomic E-state index is -0.125. The summed E-state index contributed by atoms with van der Waals surface area (Å²) in [7, 11) is 0. The third-order valence-electron chi connectivity index (χ3n) is 2.79. The van der Waals surface area contributed by atoms with Crippen LogP contribution in [0, 0.1) is 0 Å². The summed E-state index contributed by atoms with van der Waals surface area (Å²) in [5.41, 5.74) is -0.125. The van der Waals surface area contributed by atoms with E-state index in [0.29, 0.717) is 0 Å². The molecule has 1 rings (SSSR count). The number of furan rings is 1. The zero-order chi connectivity index (χ0) is 12.6. The molecule has 0 radical (unpaired) electrons. The van der Waals surface area contributed by atoms with Crippen LogP contribution < -0.4 is 5.32 Å². The molecule has 1 heterocycles. The van der Waals surface area contributed by atoms with Gasteiger partial charge in [-0.25, -0.2) is 0 Å². The Morgan fingerprint density at radius 2 is 2.35 bits per heavy atom. The van der Waals surface area contributed by atoms with Gasteiger partial charge in [0.1, 0.15) is 5.76 Å². The van der Waals surface area contributed by atoms with Crippen molar-refractivity contribution in [2.75, 3.05) is 18.9 Å². The molecule has 4 heteroatoms. The molecule has 0 fully saturated rings. The molecule has 0 spiro atoms. The molecule has 0 saturated heterocycles. The lowest BCUT2D eigenvalue weighted by Gasteiger charge is -2.28. The second-order valence-corrected chi connectivity index (χ2v) is 5.59. The molecule has 1 aromatic heterocycles. The molecule has 3 nitrogen and oxygen atoms in total. The third kappa shape index (κ3) is 5.61. The van der Waals surface area contributed by atoms with E-state index >= 15 is 0 Å². The summed E-state index contributed by atoms with van der Waals surface area (Å²) in [5, 5.41) is 12.7. The number of rotatable bonds is 9. The van der Waals surface area contributed by atoms with E-state index in [4.69, 9.17) is 4.42 Å². The van der Waals surface area contributed by atoms with Gasteiger partial charge in [0, 0.05) is 5.54 Å². The molecule has 0 aromatic carbocycles. The van der Waals surface area contributed by atoms with Crippen molar-refractivity contribution in [3.8, 4) is 0 Å². The summed E-state index contributed by atoms with van der Waals surface area (Å²) in [6, 6.07) is 3.92. The minimum absolute atomic E-state index is 0.125. The maximum atomic E-state index is 9.34. The van der Waals surface area contributed by atoms with Gasteiger partial charge in [-0.05, 0) is 44.2 Å². The monoisotopic (exact) mass is 257 g/mol. The zero-order valence-corrected chi connectivity index (χ0v) is 11.6. The number of hydrogen-bond acceptors (Lipinski definition) is 4. The Kier molecular flexibility index (Phi) is 6.70. The first kappa shape index (κ1) is 14.6. The van der Waals surface area contributed by atoms with E-state index in [2.05, 4.69) is 19.2 Å². The van der Waals surface area contributed by atoms with Gasteiger partial charge in [-0.2, -0.15) is 11.8 Å². The fourth-order valence-electron chi connectivity index (χ4n) is 1.78. The average molecular weight is 257 g/mol. The van der Waals surface area contributed by atoms with Crippen LogP contribution in [0.3, 0.4) is 0 Å². The molecule has 0 saturated carbocycles. The first-order valence-corrected chi connectivity index (χ1v) is 7.31. The molecule has 98 valence electrons. The Bertz CT molecular complexity index is 290. The van der Waals surface area contributed by atoms with Crippen molar-refractivity contribution in [1.29, 1.82) is 0 Å². The smallest absolute Gasteiger partial charge is 0.113 e. The van der Waals surface area contributed by atoms with Crippen LogP contribution in [-0.2, 0) is 5.75 Å². The molecule has 0 aliphatic rings. The maximum absolute atomic E-state index is 9.34.